The number of anilines is 2. The monoisotopic (exact) mass is 250 g/mol. The number of aromatic nitrogens is 2. The first kappa shape index (κ1) is 14.7. The summed E-state index contributed by atoms with van der Waals surface area (Å²) in [7, 11) is 0. The van der Waals surface area contributed by atoms with Crippen LogP contribution in [-0.2, 0) is 6.42 Å². The number of rotatable bonds is 8. The van der Waals surface area contributed by atoms with Gasteiger partial charge in [0.25, 0.3) is 0 Å². The molecule has 0 aliphatic heterocycles. The van der Waals surface area contributed by atoms with Crippen molar-refractivity contribution in [3.05, 3.63) is 11.9 Å². The Morgan fingerprint density at radius 2 is 1.89 bits per heavy atom. The molecule has 0 spiro atoms. The molecule has 0 saturated heterocycles. The molecule has 1 aromatic rings. The van der Waals surface area contributed by atoms with Crippen LogP contribution >= 0.6 is 0 Å². The molecule has 0 bridgehead atoms. The Bertz CT molecular complexity index is 327. The number of nitrogens with one attached hydrogen (secondary N) is 1. The first-order valence-corrected chi connectivity index (χ1v) is 7.11. The van der Waals surface area contributed by atoms with Crippen molar-refractivity contribution in [1.82, 2.24) is 9.97 Å². The zero-order valence-corrected chi connectivity index (χ0v) is 12.2. The molecule has 1 aromatic heterocycles. The van der Waals surface area contributed by atoms with Crippen LogP contribution in [0.5, 0.6) is 0 Å². The Morgan fingerprint density at radius 1 is 1.11 bits per heavy atom. The molecule has 0 aliphatic rings. The lowest BCUT2D eigenvalue weighted by Gasteiger charge is -2.22. The lowest BCUT2D eigenvalue weighted by molar-refractivity contribution is 0.759. The van der Waals surface area contributed by atoms with Gasteiger partial charge in [0.15, 0.2) is 0 Å². The maximum atomic E-state index is 4.67. The number of hydrogen-bond donors (Lipinski definition) is 1. The molecule has 0 radical (unpaired) electrons. The summed E-state index contributed by atoms with van der Waals surface area (Å²) in [6.45, 7) is 11.5. The van der Waals surface area contributed by atoms with E-state index < -0.39 is 0 Å². The zero-order chi connectivity index (χ0) is 13.4. The highest BCUT2D eigenvalue weighted by molar-refractivity contribution is 5.49. The average molecular weight is 250 g/mol. The molecule has 0 unspecified atom stereocenters. The van der Waals surface area contributed by atoms with E-state index in [4.69, 9.17) is 0 Å². The molecule has 1 heterocycles. The molecule has 18 heavy (non-hydrogen) atoms. The van der Waals surface area contributed by atoms with Gasteiger partial charge in [0.05, 0.1) is 0 Å². The van der Waals surface area contributed by atoms with E-state index in [-0.39, 0.29) is 0 Å². The van der Waals surface area contributed by atoms with Crippen molar-refractivity contribution in [3.63, 3.8) is 0 Å². The molecule has 0 aromatic carbocycles. The smallest absolute Gasteiger partial charge is 0.134 e. The standard InChI is InChI=1S/C14H26N4/c1-5-9-12-16-13(15-7-3)11-14(17-12)18(8-4)10-6-2/h11H,5-10H2,1-4H3,(H,15,16,17). The van der Waals surface area contributed by atoms with E-state index >= 15 is 0 Å². The van der Waals surface area contributed by atoms with Crippen LogP contribution in [0.4, 0.5) is 11.6 Å². The van der Waals surface area contributed by atoms with Gasteiger partial charge in [-0.1, -0.05) is 13.8 Å². The van der Waals surface area contributed by atoms with Gasteiger partial charge < -0.3 is 10.2 Å². The SMILES string of the molecule is CCCc1nc(NCC)cc(N(CC)CCC)n1. The van der Waals surface area contributed by atoms with Gasteiger partial charge in [0, 0.05) is 32.1 Å². The molecular weight excluding hydrogens is 224 g/mol. The van der Waals surface area contributed by atoms with Gasteiger partial charge in [-0.2, -0.15) is 0 Å². The van der Waals surface area contributed by atoms with E-state index in [2.05, 4.69) is 53.9 Å². The highest BCUT2D eigenvalue weighted by Crippen LogP contribution is 2.17. The third-order valence-corrected chi connectivity index (χ3v) is 2.79. The largest absolute Gasteiger partial charge is 0.370 e. The van der Waals surface area contributed by atoms with E-state index in [9.17, 15) is 0 Å². The Balaban J connectivity index is 2.99. The number of hydrogen-bond acceptors (Lipinski definition) is 4. The summed E-state index contributed by atoms with van der Waals surface area (Å²) in [5, 5.41) is 3.29. The van der Waals surface area contributed by atoms with E-state index in [0.29, 0.717) is 0 Å². The minimum Gasteiger partial charge on any atom is -0.370 e. The van der Waals surface area contributed by atoms with Gasteiger partial charge >= 0.3 is 0 Å². The Kier molecular flexibility index (Phi) is 6.47. The fraction of sp³-hybridized carbons (Fsp3) is 0.714. The van der Waals surface area contributed by atoms with Crippen molar-refractivity contribution in [2.24, 2.45) is 0 Å². The quantitative estimate of drug-likeness (QED) is 0.769. The summed E-state index contributed by atoms with van der Waals surface area (Å²) >= 11 is 0. The van der Waals surface area contributed by atoms with E-state index in [1.54, 1.807) is 0 Å². The second kappa shape index (κ2) is 7.90. The van der Waals surface area contributed by atoms with Gasteiger partial charge in [-0.05, 0) is 26.7 Å². The Labute approximate surface area is 111 Å². The normalized spacial score (nSPS) is 10.4. The van der Waals surface area contributed by atoms with Crippen molar-refractivity contribution in [3.8, 4) is 0 Å². The second-order valence-corrected chi connectivity index (χ2v) is 4.39. The Morgan fingerprint density at radius 3 is 2.44 bits per heavy atom. The van der Waals surface area contributed by atoms with Gasteiger partial charge in [0.2, 0.25) is 0 Å². The predicted octanol–water partition coefficient (Wildman–Crippen LogP) is 3.10. The van der Waals surface area contributed by atoms with Crippen molar-refractivity contribution >= 4 is 11.6 Å². The van der Waals surface area contributed by atoms with Crippen LogP contribution in [0, 0.1) is 0 Å². The number of aryl methyl sites for hydroxylation is 1. The summed E-state index contributed by atoms with van der Waals surface area (Å²) in [6, 6.07) is 2.06. The molecule has 1 rings (SSSR count). The average Bonchev–Trinajstić information content (AvgIpc) is 2.36. The summed E-state index contributed by atoms with van der Waals surface area (Å²) in [5.41, 5.74) is 0. The van der Waals surface area contributed by atoms with Crippen molar-refractivity contribution in [1.29, 1.82) is 0 Å². The highest BCUT2D eigenvalue weighted by atomic mass is 15.2. The van der Waals surface area contributed by atoms with Crippen LogP contribution in [0.2, 0.25) is 0 Å². The van der Waals surface area contributed by atoms with E-state index in [0.717, 1.165) is 56.4 Å². The molecule has 0 aliphatic carbocycles. The molecule has 1 N–H and O–H groups in total. The number of nitrogens with zero attached hydrogens (tertiary/aromatic N) is 3. The first-order chi connectivity index (χ1) is 8.74. The molecule has 4 heteroatoms. The van der Waals surface area contributed by atoms with Crippen LogP contribution in [0.15, 0.2) is 6.07 Å². The third-order valence-electron chi connectivity index (χ3n) is 2.79. The minimum absolute atomic E-state index is 0.891. The maximum absolute atomic E-state index is 4.67. The van der Waals surface area contributed by atoms with E-state index in [1.807, 2.05) is 0 Å². The van der Waals surface area contributed by atoms with Gasteiger partial charge in [-0.25, -0.2) is 9.97 Å². The molecule has 0 atom stereocenters. The lowest BCUT2D eigenvalue weighted by Crippen LogP contribution is -2.25. The van der Waals surface area contributed by atoms with Gasteiger partial charge in [-0.15, -0.1) is 0 Å². The highest BCUT2D eigenvalue weighted by Gasteiger charge is 2.09. The lowest BCUT2D eigenvalue weighted by atomic mass is 10.3. The Hall–Kier alpha value is -1.32. The van der Waals surface area contributed by atoms with Crippen LogP contribution in [0.3, 0.4) is 0 Å². The zero-order valence-electron chi connectivity index (χ0n) is 12.2. The van der Waals surface area contributed by atoms with Gasteiger partial charge in [0.1, 0.15) is 17.5 Å². The van der Waals surface area contributed by atoms with Crippen LogP contribution in [0.1, 0.15) is 46.4 Å². The maximum Gasteiger partial charge on any atom is 0.134 e. The van der Waals surface area contributed by atoms with Crippen LogP contribution in [0.25, 0.3) is 0 Å². The van der Waals surface area contributed by atoms with Crippen LogP contribution in [-0.4, -0.2) is 29.6 Å². The van der Waals surface area contributed by atoms with Crippen molar-refractivity contribution < 1.29 is 0 Å². The minimum atomic E-state index is 0.891. The molecule has 0 amide bonds. The summed E-state index contributed by atoms with van der Waals surface area (Å²) in [4.78, 5) is 11.5. The molecule has 0 fully saturated rings. The van der Waals surface area contributed by atoms with Crippen LogP contribution < -0.4 is 10.2 Å². The first-order valence-electron chi connectivity index (χ1n) is 7.11. The van der Waals surface area contributed by atoms with Crippen molar-refractivity contribution in [2.45, 2.75) is 47.0 Å². The molecule has 102 valence electrons. The summed E-state index contributed by atoms with van der Waals surface area (Å²) in [6.07, 6.45) is 3.16. The second-order valence-electron chi connectivity index (χ2n) is 4.39. The fourth-order valence-electron chi connectivity index (χ4n) is 1.96. The van der Waals surface area contributed by atoms with E-state index in [1.165, 1.54) is 0 Å². The molecular formula is C14H26N4. The molecule has 0 saturated carbocycles. The van der Waals surface area contributed by atoms with Crippen molar-refractivity contribution in [2.75, 3.05) is 29.9 Å². The summed E-state index contributed by atoms with van der Waals surface area (Å²) < 4.78 is 0. The van der Waals surface area contributed by atoms with Gasteiger partial charge in [-0.3, -0.25) is 0 Å². The third kappa shape index (κ3) is 4.17. The predicted molar refractivity (Wildman–Crippen MR) is 78.4 cm³/mol. The molecule has 4 nitrogen and oxygen atoms in total. The fourth-order valence-corrected chi connectivity index (χ4v) is 1.96. The summed E-state index contributed by atoms with van der Waals surface area (Å²) in [5.74, 6) is 2.94. The topological polar surface area (TPSA) is 41.1 Å².